The first-order valence-electron chi connectivity index (χ1n) is 12.3. The number of rotatable bonds is 9. The molecule has 0 amide bonds. The minimum Gasteiger partial charge on any atom is -0.463 e. The summed E-state index contributed by atoms with van der Waals surface area (Å²) < 4.78 is 4.97. The van der Waals surface area contributed by atoms with Gasteiger partial charge in [-0.15, -0.1) is 0 Å². The van der Waals surface area contributed by atoms with E-state index in [1.807, 2.05) is 63.2 Å². The number of esters is 1. The van der Waals surface area contributed by atoms with Gasteiger partial charge < -0.3 is 4.74 Å². The van der Waals surface area contributed by atoms with E-state index >= 15 is 0 Å². The van der Waals surface area contributed by atoms with Crippen LogP contribution >= 0.6 is 0 Å². The Morgan fingerprint density at radius 2 is 1.41 bits per heavy atom. The quantitative estimate of drug-likeness (QED) is 0.220. The fourth-order valence-corrected chi connectivity index (χ4v) is 3.78. The van der Waals surface area contributed by atoms with E-state index in [0.29, 0.717) is 36.9 Å². The molecule has 180 valence electrons. The van der Waals surface area contributed by atoms with Gasteiger partial charge in [0.05, 0.1) is 6.10 Å². The largest absolute Gasteiger partial charge is 0.463 e. The number of hydrogen-bond acceptors (Lipinski definition) is 3. The molecule has 1 aliphatic carbocycles. The highest BCUT2D eigenvalue weighted by Crippen LogP contribution is 2.32. The van der Waals surface area contributed by atoms with Crippen LogP contribution in [0.5, 0.6) is 0 Å². The van der Waals surface area contributed by atoms with Gasteiger partial charge in [-0.25, -0.2) is 0 Å². The zero-order valence-electron chi connectivity index (χ0n) is 20.7. The molecule has 0 radical (unpaired) electrons. The van der Waals surface area contributed by atoms with Crippen LogP contribution < -0.4 is 0 Å². The van der Waals surface area contributed by atoms with Crippen LogP contribution in [0.15, 0.2) is 85.0 Å². The summed E-state index contributed by atoms with van der Waals surface area (Å²) in [6.07, 6.45) is 16.4. The van der Waals surface area contributed by atoms with Crippen molar-refractivity contribution in [2.75, 3.05) is 0 Å². The van der Waals surface area contributed by atoms with Crippen molar-refractivity contribution in [3.63, 3.8) is 0 Å². The van der Waals surface area contributed by atoms with Crippen molar-refractivity contribution in [1.82, 2.24) is 0 Å². The van der Waals surface area contributed by atoms with E-state index < -0.39 is 0 Å². The lowest BCUT2D eigenvalue weighted by atomic mass is 9.94. The van der Waals surface area contributed by atoms with Crippen LogP contribution in [0.4, 0.5) is 0 Å². The van der Waals surface area contributed by atoms with Gasteiger partial charge in [0.2, 0.25) is 0 Å². The first kappa shape index (κ1) is 27.0. The monoisotopic (exact) mass is 458 g/mol. The summed E-state index contributed by atoms with van der Waals surface area (Å²) in [5, 5.41) is 0. The molecule has 2 aromatic carbocycles. The highest BCUT2D eigenvalue weighted by molar-refractivity contribution is 5.82. The van der Waals surface area contributed by atoms with Gasteiger partial charge in [0.25, 0.3) is 0 Å². The fourth-order valence-electron chi connectivity index (χ4n) is 3.78. The Balaban J connectivity index is 0.000000292. The molecule has 2 aromatic rings. The van der Waals surface area contributed by atoms with E-state index in [1.54, 1.807) is 0 Å². The molecule has 0 N–H and O–H groups in total. The van der Waals surface area contributed by atoms with Gasteiger partial charge in [-0.1, -0.05) is 97.1 Å². The second-order valence-corrected chi connectivity index (χ2v) is 8.81. The van der Waals surface area contributed by atoms with Crippen LogP contribution in [0.2, 0.25) is 0 Å². The number of hydrogen-bond donors (Lipinski definition) is 0. The van der Waals surface area contributed by atoms with Gasteiger partial charge in [-0.3, -0.25) is 9.59 Å². The molecule has 1 fully saturated rings. The van der Waals surface area contributed by atoms with Crippen LogP contribution in [-0.2, 0) is 14.3 Å². The predicted octanol–water partition coefficient (Wildman–Crippen LogP) is 7.69. The maximum atomic E-state index is 11.8. The molecule has 3 rings (SSSR count). The van der Waals surface area contributed by atoms with E-state index in [-0.39, 0.29) is 12.1 Å². The summed E-state index contributed by atoms with van der Waals surface area (Å²) in [6.45, 7) is 5.71. The maximum Gasteiger partial charge on any atom is 0.306 e. The van der Waals surface area contributed by atoms with Crippen LogP contribution in [0.1, 0.15) is 64.0 Å². The Kier molecular flexibility index (Phi) is 12.4. The Morgan fingerprint density at radius 1 is 0.912 bits per heavy atom. The second-order valence-electron chi connectivity index (χ2n) is 8.81. The molecule has 3 heteroatoms. The Hall–Kier alpha value is -3.20. The van der Waals surface area contributed by atoms with Gasteiger partial charge in [-0.05, 0) is 56.6 Å². The molecule has 0 saturated heterocycles. The molecule has 0 heterocycles. The van der Waals surface area contributed by atoms with Crippen molar-refractivity contribution >= 4 is 23.9 Å². The SMILES string of the molecule is C/C=C\CCCC(=O)OC(C)C.O=C1CC(/C=C/c2ccccc2)C(/C=C/c2ccccc2)C1. The third-order valence-corrected chi connectivity index (χ3v) is 5.50. The van der Waals surface area contributed by atoms with Crippen molar-refractivity contribution in [2.45, 2.75) is 59.0 Å². The summed E-state index contributed by atoms with van der Waals surface area (Å²) >= 11 is 0. The molecule has 1 aliphatic rings. The number of ether oxygens (including phenoxy) is 1. The lowest BCUT2D eigenvalue weighted by Crippen LogP contribution is -2.10. The highest BCUT2D eigenvalue weighted by atomic mass is 16.5. The van der Waals surface area contributed by atoms with E-state index in [9.17, 15) is 9.59 Å². The molecule has 34 heavy (non-hydrogen) atoms. The summed E-state index contributed by atoms with van der Waals surface area (Å²) in [7, 11) is 0. The zero-order chi connectivity index (χ0) is 24.6. The van der Waals surface area contributed by atoms with Gasteiger partial charge in [0.15, 0.2) is 0 Å². The number of allylic oxidation sites excluding steroid dienone is 4. The Labute approximate surface area is 205 Å². The van der Waals surface area contributed by atoms with E-state index in [2.05, 4.69) is 54.6 Å². The van der Waals surface area contributed by atoms with Crippen molar-refractivity contribution in [1.29, 1.82) is 0 Å². The third-order valence-electron chi connectivity index (χ3n) is 5.50. The smallest absolute Gasteiger partial charge is 0.306 e. The van der Waals surface area contributed by atoms with Gasteiger partial charge in [0.1, 0.15) is 5.78 Å². The van der Waals surface area contributed by atoms with Crippen LogP contribution in [-0.4, -0.2) is 17.9 Å². The Bertz CT molecular complexity index is 880. The minimum atomic E-state index is -0.0884. The van der Waals surface area contributed by atoms with Crippen molar-refractivity contribution in [3.8, 4) is 0 Å². The average molecular weight is 459 g/mol. The number of Topliss-reactive ketones (excluding diaryl/α,β-unsaturated/α-hetero) is 1. The highest BCUT2D eigenvalue weighted by Gasteiger charge is 2.29. The van der Waals surface area contributed by atoms with Gasteiger partial charge in [-0.2, -0.15) is 0 Å². The number of ketones is 1. The topological polar surface area (TPSA) is 43.4 Å². The van der Waals surface area contributed by atoms with E-state index in [0.717, 1.165) is 12.8 Å². The van der Waals surface area contributed by atoms with Crippen molar-refractivity contribution < 1.29 is 14.3 Å². The standard InChI is InChI=1S/C21H20O.C10H18O2/c22-21-15-19(13-11-17-7-3-1-4-8-17)20(16-21)14-12-18-9-5-2-6-10-18;1-4-5-6-7-8-10(11)12-9(2)3/h1-14,19-20H,15-16H2;4-5,9H,6-8H2,1-3H3/b13-11+,14-12+;5-4-. The Morgan fingerprint density at radius 3 is 1.85 bits per heavy atom. The number of unbranched alkanes of at least 4 members (excludes halogenated alkanes) is 1. The van der Waals surface area contributed by atoms with Crippen molar-refractivity contribution in [3.05, 3.63) is 96.1 Å². The molecule has 3 nitrogen and oxygen atoms in total. The molecule has 2 unspecified atom stereocenters. The van der Waals surface area contributed by atoms with E-state index in [1.165, 1.54) is 11.1 Å². The van der Waals surface area contributed by atoms with Crippen molar-refractivity contribution in [2.24, 2.45) is 11.8 Å². The third kappa shape index (κ3) is 11.1. The second kappa shape index (κ2) is 15.6. The van der Waals surface area contributed by atoms with Crippen LogP contribution in [0.3, 0.4) is 0 Å². The van der Waals surface area contributed by atoms with E-state index in [4.69, 9.17) is 4.74 Å². The normalized spacial score (nSPS) is 18.1. The fraction of sp³-hybridized carbons (Fsp3) is 0.355. The molecule has 2 atom stereocenters. The summed E-state index contributed by atoms with van der Waals surface area (Å²) in [5.41, 5.74) is 2.38. The van der Waals surface area contributed by atoms with Crippen LogP contribution in [0.25, 0.3) is 12.2 Å². The number of carbonyl (C=O) groups is 2. The molecule has 0 aliphatic heterocycles. The molecule has 1 saturated carbocycles. The van der Waals surface area contributed by atoms with Crippen LogP contribution in [0, 0.1) is 11.8 Å². The lowest BCUT2D eigenvalue weighted by Gasteiger charge is -2.10. The van der Waals surface area contributed by atoms with Gasteiger partial charge >= 0.3 is 5.97 Å². The minimum absolute atomic E-state index is 0.0132. The first-order valence-corrected chi connectivity index (χ1v) is 12.3. The summed E-state index contributed by atoms with van der Waals surface area (Å²) in [6, 6.07) is 20.5. The predicted molar refractivity (Wildman–Crippen MR) is 142 cm³/mol. The number of carbonyl (C=O) groups excluding carboxylic acids is 2. The molecule has 0 bridgehead atoms. The lowest BCUT2D eigenvalue weighted by molar-refractivity contribution is -0.147. The number of benzene rings is 2. The van der Waals surface area contributed by atoms with Gasteiger partial charge in [0, 0.05) is 19.3 Å². The zero-order valence-corrected chi connectivity index (χ0v) is 20.7. The molecule has 0 aromatic heterocycles. The summed E-state index contributed by atoms with van der Waals surface area (Å²) in [4.78, 5) is 22.8. The molecular weight excluding hydrogens is 420 g/mol. The maximum absolute atomic E-state index is 11.8. The molecular formula is C31H38O3. The summed E-state index contributed by atoms with van der Waals surface area (Å²) in [5.74, 6) is 0.903. The average Bonchev–Trinajstić information content (AvgIpc) is 3.20. The first-order chi connectivity index (χ1) is 16.5. The molecule has 0 spiro atoms.